The summed E-state index contributed by atoms with van der Waals surface area (Å²) in [6.45, 7) is -0.329. The highest BCUT2D eigenvalue weighted by Gasteiger charge is 2.39. The Morgan fingerprint density at radius 3 is 2.40 bits per heavy atom. The van der Waals surface area contributed by atoms with E-state index in [1.54, 1.807) is 0 Å². The van der Waals surface area contributed by atoms with Crippen LogP contribution in [-0.4, -0.2) is 31.4 Å². The first kappa shape index (κ1) is 15.2. The first-order valence-electron chi connectivity index (χ1n) is 4.73. The van der Waals surface area contributed by atoms with Crippen LogP contribution in [0.25, 0.3) is 0 Å². The van der Waals surface area contributed by atoms with Crippen molar-refractivity contribution in [2.45, 2.75) is 21.5 Å². The zero-order valence-corrected chi connectivity index (χ0v) is 11.7. The molecule has 2 heterocycles. The highest BCUT2D eigenvalue weighted by Crippen LogP contribution is 2.40. The van der Waals surface area contributed by atoms with Gasteiger partial charge in [0.05, 0.1) is 6.61 Å². The van der Waals surface area contributed by atoms with Crippen LogP contribution in [0.4, 0.5) is 13.2 Å². The van der Waals surface area contributed by atoms with E-state index in [1.807, 2.05) is 0 Å². The molecule has 20 heavy (non-hydrogen) atoms. The van der Waals surface area contributed by atoms with E-state index in [0.717, 1.165) is 23.1 Å². The Morgan fingerprint density at radius 2 is 1.95 bits per heavy atom. The van der Waals surface area contributed by atoms with Gasteiger partial charge in [-0.3, -0.25) is 0 Å². The third-order valence-electron chi connectivity index (χ3n) is 1.83. The van der Waals surface area contributed by atoms with Gasteiger partial charge in [0.1, 0.15) is 9.88 Å². The molecule has 0 amide bonds. The van der Waals surface area contributed by atoms with Crippen molar-refractivity contribution in [1.29, 1.82) is 0 Å². The van der Waals surface area contributed by atoms with Gasteiger partial charge >= 0.3 is 12.1 Å². The van der Waals surface area contributed by atoms with Crippen molar-refractivity contribution >= 4 is 40.4 Å². The van der Waals surface area contributed by atoms with Crippen molar-refractivity contribution in [3.8, 4) is 0 Å². The average molecular weight is 343 g/mol. The number of carboxylic acid groups (broad SMARTS) is 1. The number of hydrogen-bond acceptors (Lipinski definition) is 8. The summed E-state index contributed by atoms with van der Waals surface area (Å²) in [4.78, 5) is 13.2. The van der Waals surface area contributed by atoms with E-state index < -0.39 is 22.7 Å². The lowest BCUT2D eigenvalue weighted by atomic mass is 10.3. The van der Waals surface area contributed by atoms with Crippen LogP contribution in [0.1, 0.15) is 20.4 Å². The average Bonchev–Trinajstić information content (AvgIpc) is 2.95. The largest absolute Gasteiger partial charge is 0.477 e. The number of carboxylic acids is 1. The van der Waals surface area contributed by atoms with E-state index in [9.17, 15) is 18.0 Å². The minimum atomic E-state index is -4.83. The number of thiazole rings is 1. The number of carbonyl (C=O) groups is 1. The van der Waals surface area contributed by atoms with E-state index in [-0.39, 0.29) is 15.3 Å². The molecule has 0 unspecified atom stereocenters. The molecule has 0 fully saturated rings. The summed E-state index contributed by atoms with van der Waals surface area (Å²) in [7, 11) is 0. The summed E-state index contributed by atoms with van der Waals surface area (Å²) in [5.74, 6) is -1.69. The molecule has 2 rings (SSSR count). The third-order valence-corrected chi connectivity index (χ3v) is 4.89. The molecule has 2 N–H and O–H groups in total. The third kappa shape index (κ3) is 3.26. The van der Waals surface area contributed by atoms with Crippen LogP contribution < -0.4 is 0 Å². The van der Waals surface area contributed by atoms with Gasteiger partial charge in [-0.15, -0.1) is 10.2 Å². The fourth-order valence-electron chi connectivity index (χ4n) is 1.10. The lowest BCUT2D eigenvalue weighted by Crippen LogP contribution is -2.11. The van der Waals surface area contributed by atoms with Crippen LogP contribution in [0.5, 0.6) is 0 Å². The second kappa shape index (κ2) is 5.63. The maximum atomic E-state index is 12.6. The molecule has 0 saturated heterocycles. The molecular formula is C8H4F3N3O3S3. The zero-order chi connectivity index (χ0) is 14.9. The molecule has 0 aliphatic heterocycles. The molecule has 0 saturated carbocycles. The molecule has 12 heteroatoms. The topological polar surface area (TPSA) is 96.2 Å². The van der Waals surface area contributed by atoms with Gasteiger partial charge in [0.25, 0.3) is 0 Å². The molecule has 0 bridgehead atoms. The zero-order valence-electron chi connectivity index (χ0n) is 9.21. The summed E-state index contributed by atoms with van der Waals surface area (Å²) in [5.41, 5.74) is -1.43. The number of halogens is 3. The molecule has 0 spiro atoms. The van der Waals surface area contributed by atoms with Gasteiger partial charge in [0.2, 0.25) is 0 Å². The molecule has 0 atom stereocenters. The number of rotatable bonds is 4. The van der Waals surface area contributed by atoms with E-state index in [0.29, 0.717) is 16.3 Å². The van der Waals surface area contributed by atoms with E-state index in [1.165, 1.54) is 0 Å². The van der Waals surface area contributed by atoms with Crippen molar-refractivity contribution in [1.82, 2.24) is 15.2 Å². The number of hydrogen-bond donors (Lipinski definition) is 2. The number of alkyl halides is 3. The molecule has 2 aromatic rings. The minimum Gasteiger partial charge on any atom is -0.477 e. The number of nitrogens with zero attached hydrogens (tertiary/aromatic N) is 3. The highest BCUT2D eigenvalue weighted by molar-refractivity contribution is 8.02. The second-order valence-corrected chi connectivity index (χ2v) is 6.74. The smallest absolute Gasteiger partial charge is 0.435 e. The summed E-state index contributed by atoms with van der Waals surface area (Å²) in [6.07, 6.45) is -4.83. The number of aromatic carboxylic acids is 1. The first-order valence-corrected chi connectivity index (χ1v) is 7.18. The van der Waals surface area contributed by atoms with Crippen LogP contribution in [-0.2, 0) is 12.8 Å². The number of aliphatic hydroxyl groups is 1. The Balaban J connectivity index is 2.31. The second-order valence-electron chi connectivity index (χ2n) is 3.18. The standard InChI is InChI=1S/C8H4F3N3O3S3/c9-8(10,11)4-3(5(16)17)19-6(12-4)20-7-14-13-2(1-15)18-7/h15H,1H2,(H,16,17). The Morgan fingerprint density at radius 1 is 1.25 bits per heavy atom. The summed E-state index contributed by atoms with van der Waals surface area (Å²) < 4.78 is 38.1. The van der Waals surface area contributed by atoms with Gasteiger partial charge in [-0.05, 0) is 11.8 Å². The Labute approximate surface area is 121 Å². The number of aliphatic hydroxyl groups excluding tert-OH is 1. The van der Waals surface area contributed by atoms with Crippen LogP contribution in [0.2, 0.25) is 0 Å². The molecular weight excluding hydrogens is 339 g/mol. The van der Waals surface area contributed by atoms with Crippen LogP contribution in [0.3, 0.4) is 0 Å². The predicted molar refractivity (Wildman–Crippen MR) is 64.0 cm³/mol. The SMILES string of the molecule is O=C(O)c1sc(Sc2nnc(CO)s2)nc1C(F)(F)F. The highest BCUT2D eigenvalue weighted by atomic mass is 32.2. The van der Waals surface area contributed by atoms with Crippen molar-refractivity contribution in [2.24, 2.45) is 0 Å². The van der Waals surface area contributed by atoms with E-state index in [2.05, 4.69) is 15.2 Å². The Kier molecular flexibility index (Phi) is 4.27. The molecule has 0 aliphatic rings. The van der Waals surface area contributed by atoms with Gasteiger partial charge in [-0.25, -0.2) is 9.78 Å². The lowest BCUT2D eigenvalue weighted by Gasteiger charge is -2.02. The van der Waals surface area contributed by atoms with Gasteiger partial charge < -0.3 is 10.2 Å². The molecule has 2 aromatic heterocycles. The van der Waals surface area contributed by atoms with Gasteiger partial charge in [-0.1, -0.05) is 22.7 Å². The fourth-order valence-corrected chi connectivity index (χ4v) is 4.06. The predicted octanol–water partition coefficient (Wildman–Crippen LogP) is 2.36. The summed E-state index contributed by atoms with van der Waals surface area (Å²) in [5, 5.41) is 25.1. The Bertz CT molecular complexity index is 640. The Hall–Kier alpha value is -1.24. The van der Waals surface area contributed by atoms with Gasteiger partial charge in [0, 0.05) is 0 Å². The maximum Gasteiger partial charge on any atom is 0.435 e. The molecule has 6 nitrogen and oxygen atoms in total. The summed E-state index contributed by atoms with van der Waals surface area (Å²) >= 11 is 2.17. The number of aromatic nitrogens is 3. The van der Waals surface area contributed by atoms with Gasteiger partial charge in [0.15, 0.2) is 14.4 Å². The maximum absolute atomic E-state index is 12.6. The first-order chi connectivity index (χ1) is 9.31. The van der Waals surface area contributed by atoms with Crippen LogP contribution >= 0.6 is 34.4 Å². The molecule has 108 valence electrons. The molecule has 0 aromatic carbocycles. The van der Waals surface area contributed by atoms with Crippen molar-refractivity contribution in [2.75, 3.05) is 0 Å². The normalized spacial score (nSPS) is 11.8. The summed E-state index contributed by atoms with van der Waals surface area (Å²) in [6, 6.07) is 0. The minimum absolute atomic E-state index is 0.102. The lowest BCUT2D eigenvalue weighted by molar-refractivity contribution is -0.141. The van der Waals surface area contributed by atoms with Crippen molar-refractivity contribution < 1.29 is 28.2 Å². The van der Waals surface area contributed by atoms with Gasteiger partial charge in [-0.2, -0.15) is 13.2 Å². The molecule has 0 aliphatic carbocycles. The van der Waals surface area contributed by atoms with Crippen molar-refractivity contribution in [3.05, 3.63) is 15.6 Å². The quantitative estimate of drug-likeness (QED) is 0.879. The monoisotopic (exact) mass is 343 g/mol. The van der Waals surface area contributed by atoms with Crippen LogP contribution in [0, 0.1) is 0 Å². The fraction of sp³-hybridized carbons (Fsp3) is 0.250. The van der Waals surface area contributed by atoms with Crippen molar-refractivity contribution in [3.63, 3.8) is 0 Å². The molecule has 0 radical (unpaired) electrons. The van der Waals surface area contributed by atoms with Crippen LogP contribution in [0.15, 0.2) is 8.68 Å². The van der Waals surface area contributed by atoms with E-state index >= 15 is 0 Å². The van der Waals surface area contributed by atoms with E-state index in [4.69, 9.17) is 10.2 Å².